The first-order valence-electron chi connectivity index (χ1n) is 6.20. The Kier molecular flexibility index (Phi) is 2.76. The summed E-state index contributed by atoms with van der Waals surface area (Å²) in [5.41, 5.74) is 0. The molecule has 0 spiro atoms. The number of benzene rings is 2. The normalized spacial score (nSPS) is 17.1. The van der Waals surface area contributed by atoms with Gasteiger partial charge in [-0.05, 0) is 36.5 Å². The summed E-state index contributed by atoms with van der Waals surface area (Å²) in [7, 11) is -0.181. The van der Waals surface area contributed by atoms with E-state index < -0.39 is 0 Å². The van der Waals surface area contributed by atoms with Gasteiger partial charge in [-0.3, -0.25) is 0 Å². The molecule has 2 aromatic carbocycles. The Hall–Kier alpha value is -1.13. The van der Waals surface area contributed by atoms with Crippen molar-refractivity contribution in [2.24, 2.45) is 0 Å². The summed E-state index contributed by atoms with van der Waals surface area (Å²) in [5, 5.41) is 3.58. The molecule has 1 aliphatic rings. The molecule has 0 nitrogen and oxygen atoms in total. The van der Waals surface area contributed by atoms with Crippen molar-refractivity contribution < 1.29 is 0 Å². The Bertz CT molecular complexity index is 446. The fourth-order valence-electron chi connectivity index (χ4n) is 2.33. The maximum absolute atomic E-state index is 2.44. The number of hydrogen-bond acceptors (Lipinski definition) is 0. The van der Waals surface area contributed by atoms with Crippen LogP contribution in [0.4, 0.5) is 0 Å². The van der Waals surface area contributed by atoms with Crippen LogP contribution in [-0.2, 0) is 0 Å². The Balaban J connectivity index is 2.05. The lowest BCUT2D eigenvalue weighted by molar-refractivity contribution is 1.04. The Labute approximate surface area is 104 Å². The Morgan fingerprint density at radius 1 is 0.765 bits per heavy atom. The van der Waals surface area contributed by atoms with Gasteiger partial charge in [-0.1, -0.05) is 67.6 Å². The van der Waals surface area contributed by atoms with E-state index in [1.165, 1.54) is 23.5 Å². The van der Waals surface area contributed by atoms with Crippen molar-refractivity contribution in [1.82, 2.24) is 0 Å². The van der Waals surface area contributed by atoms with E-state index in [2.05, 4.69) is 67.6 Å². The highest BCUT2D eigenvalue weighted by Gasteiger charge is 2.45. The van der Waals surface area contributed by atoms with Gasteiger partial charge in [-0.2, -0.15) is 0 Å². The molecule has 0 heterocycles. The summed E-state index contributed by atoms with van der Waals surface area (Å²) in [6, 6.07) is 22.1. The van der Waals surface area contributed by atoms with Crippen molar-refractivity contribution in [3.8, 4) is 0 Å². The first-order chi connectivity index (χ1) is 8.30. The highest BCUT2D eigenvalue weighted by Crippen LogP contribution is 2.62. The molecule has 3 rings (SSSR count). The van der Waals surface area contributed by atoms with E-state index in [-0.39, 0.29) is 7.92 Å². The van der Waals surface area contributed by atoms with Gasteiger partial charge in [0.2, 0.25) is 0 Å². The summed E-state index contributed by atoms with van der Waals surface area (Å²) in [6.07, 6.45) is 2.75. The molecule has 86 valence electrons. The third-order valence-corrected chi connectivity index (χ3v) is 6.70. The monoisotopic (exact) mass is 240 g/mol. The van der Waals surface area contributed by atoms with Crippen molar-refractivity contribution in [3.63, 3.8) is 0 Å². The molecule has 17 heavy (non-hydrogen) atoms. The van der Waals surface area contributed by atoms with E-state index in [1.54, 1.807) is 0 Å². The van der Waals surface area contributed by atoms with Gasteiger partial charge in [0.25, 0.3) is 0 Å². The highest BCUT2D eigenvalue weighted by molar-refractivity contribution is 7.74. The molecule has 2 aromatic rings. The van der Waals surface area contributed by atoms with E-state index >= 15 is 0 Å². The van der Waals surface area contributed by atoms with E-state index in [9.17, 15) is 0 Å². The fourth-order valence-corrected chi connectivity index (χ4v) is 5.38. The molecule has 1 heteroatoms. The zero-order chi connectivity index (χ0) is 11.7. The fraction of sp³-hybridized carbons (Fsp3) is 0.250. The van der Waals surface area contributed by atoms with Crippen LogP contribution in [0.15, 0.2) is 60.7 Å². The average molecular weight is 240 g/mol. The predicted molar refractivity (Wildman–Crippen MR) is 76.7 cm³/mol. The smallest absolute Gasteiger partial charge is 0.00419 e. The minimum Gasteiger partial charge on any atom is -0.0622 e. The van der Waals surface area contributed by atoms with Crippen LogP contribution in [0.5, 0.6) is 0 Å². The zero-order valence-electron chi connectivity index (χ0n) is 10.1. The highest BCUT2D eigenvalue weighted by atomic mass is 31.1. The molecule has 0 N–H and O–H groups in total. The van der Waals surface area contributed by atoms with E-state index in [0.29, 0.717) is 5.16 Å². The molecule has 0 atom stereocenters. The third-order valence-electron chi connectivity index (χ3n) is 3.54. The lowest BCUT2D eigenvalue weighted by atomic mass is 10.4. The topological polar surface area (TPSA) is 0 Å². The van der Waals surface area contributed by atoms with Crippen molar-refractivity contribution in [2.75, 3.05) is 0 Å². The van der Waals surface area contributed by atoms with Crippen LogP contribution < -0.4 is 10.6 Å². The van der Waals surface area contributed by atoms with Crippen molar-refractivity contribution >= 4 is 18.5 Å². The van der Waals surface area contributed by atoms with Crippen LogP contribution in [0.3, 0.4) is 0 Å². The maximum atomic E-state index is 2.44. The van der Waals surface area contributed by atoms with Crippen LogP contribution in [0, 0.1) is 0 Å². The van der Waals surface area contributed by atoms with E-state index in [0.717, 1.165) is 0 Å². The summed E-state index contributed by atoms with van der Waals surface area (Å²) >= 11 is 0. The molecule has 0 amide bonds. The van der Waals surface area contributed by atoms with Gasteiger partial charge in [0.15, 0.2) is 0 Å². The summed E-state index contributed by atoms with van der Waals surface area (Å²) in [4.78, 5) is 0. The zero-order valence-corrected chi connectivity index (χ0v) is 11.0. The minimum atomic E-state index is -0.181. The summed E-state index contributed by atoms with van der Waals surface area (Å²) in [6.45, 7) is 2.44. The first-order valence-corrected chi connectivity index (χ1v) is 7.54. The van der Waals surface area contributed by atoms with Gasteiger partial charge >= 0.3 is 0 Å². The van der Waals surface area contributed by atoms with E-state index in [1.807, 2.05) is 0 Å². The second-order valence-corrected chi connectivity index (χ2v) is 7.79. The van der Waals surface area contributed by atoms with Gasteiger partial charge in [-0.25, -0.2) is 0 Å². The molecule has 0 saturated heterocycles. The second kappa shape index (κ2) is 4.27. The molecule has 0 aromatic heterocycles. The number of rotatable bonds is 3. The molecule has 1 saturated carbocycles. The van der Waals surface area contributed by atoms with Gasteiger partial charge in [0.05, 0.1) is 0 Å². The maximum Gasteiger partial charge on any atom is -0.00419 e. The van der Waals surface area contributed by atoms with Crippen LogP contribution in [0.25, 0.3) is 0 Å². The lowest BCUT2D eigenvalue weighted by Gasteiger charge is -2.25. The predicted octanol–water partition coefficient (Wildman–Crippen LogP) is 3.67. The Morgan fingerprint density at radius 2 is 1.18 bits per heavy atom. The summed E-state index contributed by atoms with van der Waals surface area (Å²) in [5.74, 6) is 0. The molecule has 1 fully saturated rings. The third kappa shape index (κ3) is 2.15. The molecule has 0 aliphatic heterocycles. The van der Waals surface area contributed by atoms with Gasteiger partial charge in [0.1, 0.15) is 0 Å². The van der Waals surface area contributed by atoms with Gasteiger partial charge < -0.3 is 0 Å². The summed E-state index contributed by atoms with van der Waals surface area (Å²) < 4.78 is 0. The van der Waals surface area contributed by atoms with Crippen LogP contribution in [0.2, 0.25) is 0 Å². The minimum absolute atomic E-state index is 0.181. The molecular weight excluding hydrogens is 223 g/mol. The molecule has 0 bridgehead atoms. The Morgan fingerprint density at radius 3 is 1.53 bits per heavy atom. The average Bonchev–Trinajstić information content (AvgIpc) is 3.11. The van der Waals surface area contributed by atoms with Crippen LogP contribution in [0.1, 0.15) is 19.8 Å². The first kappa shape index (κ1) is 11.0. The van der Waals surface area contributed by atoms with Crippen LogP contribution >= 0.6 is 7.92 Å². The largest absolute Gasteiger partial charge is 0.0622 e. The van der Waals surface area contributed by atoms with E-state index in [4.69, 9.17) is 0 Å². The second-order valence-electron chi connectivity index (χ2n) is 5.00. The quantitative estimate of drug-likeness (QED) is 0.718. The van der Waals surface area contributed by atoms with Crippen molar-refractivity contribution in [2.45, 2.75) is 24.9 Å². The molecule has 0 radical (unpaired) electrons. The standard InChI is InChI=1S/C16H17P/c1-16(12-13-16)17(14-8-4-2-5-9-14)15-10-6-3-7-11-15/h2-11H,12-13H2,1H3. The lowest BCUT2D eigenvalue weighted by Crippen LogP contribution is -2.20. The van der Waals surface area contributed by atoms with Crippen molar-refractivity contribution in [3.05, 3.63) is 60.7 Å². The molecule has 1 aliphatic carbocycles. The number of hydrogen-bond donors (Lipinski definition) is 0. The molecular formula is C16H17P. The SMILES string of the molecule is CC1(P(c2ccccc2)c2ccccc2)CC1. The molecule has 0 unspecified atom stereocenters. The van der Waals surface area contributed by atoms with Crippen LogP contribution in [-0.4, -0.2) is 5.16 Å². The van der Waals surface area contributed by atoms with Gasteiger partial charge in [0, 0.05) is 0 Å². The van der Waals surface area contributed by atoms with Gasteiger partial charge in [-0.15, -0.1) is 0 Å². The van der Waals surface area contributed by atoms with Crippen molar-refractivity contribution in [1.29, 1.82) is 0 Å².